The Hall–Kier alpha value is -2.27. The lowest BCUT2D eigenvalue weighted by atomic mass is 10.0. The van der Waals surface area contributed by atoms with Crippen LogP contribution >= 0.6 is 0 Å². The number of nitrogens with zero attached hydrogens (tertiary/aromatic N) is 3. The second kappa shape index (κ2) is 9.78. The van der Waals surface area contributed by atoms with Gasteiger partial charge in [0, 0.05) is 44.8 Å². The van der Waals surface area contributed by atoms with Gasteiger partial charge >= 0.3 is 0 Å². The summed E-state index contributed by atoms with van der Waals surface area (Å²) >= 11 is 0. The molecule has 4 heteroatoms. The number of rotatable bonds is 7. The van der Waals surface area contributed by atoms with E-state index in [0.717, 1.165) is 56.0 Å². The fourth-order valence-electron chi connectivity index (χ4n) is 3.57. The summed E-state index contributed by atoms with van der Waals surface area (Å²) in [4.78, 5) is 19.8. The molecule has 0 aliphatic carbocycles. The second-order valence-corrected chi connectivity index (χ2v) is 7.92. The Balaban J connectivity index is 1.70. The van der Waals surface area contributed by atoms with Crippen molar-refractivity contribution < 1.29 is 4.79 Å². The first kappa shape index (κ1) is 20.5. The smallest absolute Gasteiger partial charge is 0.186 e. The van der Waals surface area contributed by atoms with Crippen molar-refractivity contribution in [2.45, 2.75) is 13.1 Å². The molecule has 28 heavy (non-hydrogen) atoms. The fraction of sp³-hybridized carbons (Fsp3) is 0.375. The van der Waals surface area contributed by atoms with Crippen LogP contribution in [0.5, 0.6) is 0 Å². The van der Waals surface area contributed by atoms with Crippen molar-refractivity contribution in [3.05, 3.63) is 76.9 Å². The number of likely N-dealkylation sites (N-methyl/N-ethyl adjacent to an activating group) is 1. The molecule has 0 saturated carbocycles. The Morgan fingerprint density at radius 1 is 1.04 bits per heavy atom. The lowest BCUT2D eigenvalue weighted by molar-refractivity contribution is 0.104. The fourth-order valence-corrected chi connectivity index (χ4v) is 3.57. The highest BCUT2D eigenvalue weighted by Gasteiger charge is 2.16. The molecule has 1 aliphatic rings. The summed E-state index contributed by atoms with van der Waals surface area (Å²) in [7, 11) is 6.28. The number of carbonyl (C=O) groups is 1. The molecule has 0 spiro atoms. The number of piperazine rings is 1. The maximum Gasteiger partial charge on any atom is 0.186 e. The van der Waals surface area contributed by atoms with Crippen molar-refractivity contribution in [2.24, 2.45) is 0 Å². The van der Waals surface area contributed by atoms with E-state index in [2.05, 4.69) is 54.0 Å². The zero-order valence-corrected chi connectivity index (χ0v) is 17.3. The first-order valence-electron chi connectivity index (χ1n) is 9.96. The lowest BCUT2D eigenvalue weighted by Gasteiger charge is -2.32. The van der Waals surface area contributed by atoms with Gasteiger partial charge in [-0.1, -0.05) is 54.6 Å². The van der Waals surface area contributed by atoms with Crippen LogP contribution in [-0.2, 0) is 13.1 Å². The van der Waals surface area contributed by atoms with Crippen LogP contribution in [0, 0.1) is 0 Å². The maximum atomic E-state index is 12.9. The number of carbonyl (C=O) groups excluding carboxylic acids is 1. The van der Waals surface area contributed by atoms with E-state index in [1.54, 1.807) is 6.08 Å². The minimum absolute atomic E-state index is 0.0720. The van der Waals surface area contributed by atoms with Gasteiger partial charge < -0.3 is 9.80 Å². The SMILES string of the molecule is CN(C)Cc1cccc(/C=C/C(=O)c2ccccc2CN2CCN(C)CC2)c1. The van der Waals surface area contributed by atoms with Crippen LogP contribution in [0.1, 0.15) is 27.0 Å². The molecule has 0 aromatic heterocycles. The van der Waals surface area contributed by atoms with E-state index >= 15 is 0 Å². The Labute approximate surface area is 169 Å². The van der Waals surface area contributed by atoms with Crippen molar-refractivity contribution >= 4 is 11.9 Å². The van der Waals surface area contributed by atoms with E-state index in [9.17, 15) is 4.79 Å². The maximum absolute atomic E-state index is 12.9. The Morgan fingerprint density at radius 2 is 1.79 bits per heavy atom. The quantitative estimate of drug-likeness (QED) is 0.546. The van der Waals surface area contributed by atoms with Gasteiger partial charge in [-0.2, -0.15) is 0 Å². The number of hydrogen-bond acceptors (Lipinski definition) is 4. The van der Waals surface area contributed by atoms with E-state index < -0.39 is 0 Å². The van der Waals surface area contributed by atoms with Crippen LogP contribution < -0.4 is 0 Å². The van der Waals surface area contributed by atoms with Gasteiger partial charge in [-0.05, 0) is 43.9 Å². The highest BCUT2D eigenvalue weighted by atomic mass is 16.1. The first-order chi connectivity index (χ1) is 13.5. The van der Waals surface area contributed by atoms with Crippen molar-refractivity contribution in [3.63, 3.8) is 0 Å². The molecule has 0 unspecified atom stereocenters. The second-order valence-electron chi connectivity index (χ2n) is 7.92. The van der Waals surface area contributed by atoms with E-state index in [1.165, 1.54) is 5.56 Å². The summed E-state index contributed by atoms with van der Waals surface area (Å²) in [6.07, 6.45) is 3.63. The van der Waals surface area contributed by atoms with E-state index in [-0.39, 0.29) is 5.78 Å². The summed E-state index contributed by atoms with van der Waals surface area (Å²) in [6, 6.07) is 16.3. The van der Waals surface area contributed by atoms with Gasteiger partial charge in [0.1, 0.15) is 0 Å². The van der Waals surface area contributed by atoms with Crippen LogP contribution in [0.4, 0.5) is 0 Å². The normalized spacial score (nSPS) is 16.1. The number of benzene rings is 2. The van der Waals surface area contributed by atoms with Gasteiger partial charge in [0.2, 0.25) is 0 Å². The molecular formula is C24H31N3O. The minimum Gasteiger partial charge on any atom is -0.305 e. The van der Waals surface area contributed by atoms with Crippen molar-refractivity contribution in [2.75, 3.05) is 47.3 Å². The molecule has 3 rings (SSSR count). The number of hydrogen-bond donors (Lipinski definition) is 0. The molecule has 148 valence electrons. The van der Waals surface area contributed by atoms with Gasteiger partial charge in [-0.15, -0.1) is 0 Å². The number of ketones is 1. The monoisotopic (exact) mass is 377 g/mol. The predicted octanol–water partition coefficient (Wildman–Crippen LogP) is 3.39. The first-order valence-corrected chi connectivity index (χ1v) is 9.96. The lowest BCUT2D eigenvalue weighted by Crippen LogP contribution is -2.44. The van der Waals surface area contributed by atoms with Crippen molar-refractivity contribution in [1.29, 1.82) is 0 Å². The highest BCUT2D eigenvalue weighted by molar-refractivity contribution is 6.07. The van der Waals surface area contributed by atoms with Crippen molar-refractivity contribution in [1.82, 2.24) is 14.7 Å². The summed E-state index contributed by atoms with van der Waals surface area (Å²) in [6.45, 7) is 5.99. The molecule has 2 aromatic rings. The summed E-state index contributed by atoms with van der Waals surface area (Å²) in [5.41, 5.74) is 4.23. The van der Waals surface area contributed by atoms with E-state index in [4.69, 9.17) is 0 Å². The van der Waals surface area contributed by atoms with Crippen LogP contribution in [0.15, 0.2) is 54.6 Å². The van der Waals surface area contributed by atoms with E-state index in [1.807, 2.05) is 36.4 Å². The zero-order chi connectivity index (χ0) is 19.9. The largest absolute Gasteiger partial charge is 0.305 e. The van der Waals surface area contributed by atoms with Gasteiger partial charge in [-0.25, -0.2) is 0 Å². The minimum atomic E-state index is 0.0720. The standard InChI is InChI=1S/C24H31N3O/c1-25(2)18-21-8-6-7-20(17-21)11-12-24(28)23-10-5-4-9-22(23)19-27-15-13-26(3)14-16-27/h4-12,17H,13-16,18-19H2,1-3H3/b12-11+. The molecule has 0 N–H and O–H groups in total. The van der Waals surface area contributed by atoms with Gasteiger partial charge in [0.15, 0.2) is 5.78 Å². The molecule has 0 bridgehead atoms. The van der Waals surface area contributed by atoms with Crippen molar-refractivity contribution in [3.8, 4) is 0 Å². The summed E-state index contributed by atoms with van der Waals surface area (Å²) < 4.78 is 0. The molecular weight excluding hydrogens is 346 g/mol. The molecule has 2 aromatic carbocycles. The Morgan fingerprint density at radius 3 is 2.54 bits per heavy atom. The molecule has 0 amide bonds. The van der Waals surface area contributed by atoms with Crippen LogP contribution in [0.2, 0.25) is 0 Å². The molecule has 1 aliphatic heterocycles. The third-order valence-corrected chi connectivity index (χ3v) is 5.15. The molecule has 0 radical (unpaired) electrons. The van der Waals surface area contributed by atoms with Gasteiger partial charge in [0.05, 0.1) is 0 Å². The highest BCUT2D eigenvalue weighted by Crippen LogP contribution is 2.16. The van der Waals surface area contributed by atoms with Crippen LogP contribution in [-0.4, -0.2) is 67.8 Å². The average Bonchev–Trinajstić information content (AvgIpc) is 2.68. The van der Waals surface area contributed by atoms with Crippen LogP contribution in [0.3, 0.4) is 0 Å². The summed E-state index contributed by atoms with van der Waals surface area (Å²) in [5.74, 6) is 0.0720. The molecule has 1 saturated heterocycles. The summed E-state index contributed by atoms with van der Waals surface area (Å²) in [5, 5.41) is 0. The molecule has 1 fully saturated rings. The molecule has 4 nitrogen and oxygen atoms in total. The average molecular weight is 378 g/mol. The van der Waals surface area contributed by atoms with Gasteiger partial charge in [0.25, 0.3) is 0 Å². The molecule has 1 heterocycles. The predicted molar refractivity (Wildman–Crippen MR) is 116 cm³/mol. The Kier molecular flexibility index (Phi) is 7.15. The molecule has 0 atom stereocenters. The topological polar surface area (TPSA) is 26.8 Å². The number of allylic oxidation sites excluding steroid dienone is 1. The Bertz CT molecular complexity index is 820. The third kappa shape index (κ3) is 5.86. The van der Waals surface area contributed by atoms with Crippen LogP contribution in [0.25, 0.3) is 6.08 Å². The third-order valence-electron chi connectivity index (χ3n) is 5.15. The van der Waals surface area contributed by atoms with E-state index in [0.29, 0.717) is 0 Å². The van der Waals surface area contributed by atoms with Gasteiger partial charge in [-0.3, -0.25) is 9.69 Å². The zero-order valence-electron chi connectivity index (χ0n) is 17.3.